The summed E-state index contributed by atoms with van der Waals surface area (Å²) in [5.74, 6) is 1.52. The third-order valence-electron chi connectivity index (χ3n) is 3.58. The Bertz CT molecular complexity index is 543. The van der Waals surface area contributed by atoms with Crippen LogP contribution in [0.1, 0.15) is 18.4 Å². The van der Waals surface area contributed by atoms with Crippen molar-refractivity contribution < 1.29 is 14.0 Å². The fourth-order valence-electron chi connectivity index (χ4n) is 2.38. The highest BCUT2D eigenvalue weighted by molar-refractivity contribution is 5.91. The van der Waals surface area contributed by atoms with Crippen LogP contribution in [0.4, 0.5) is 0 Å². The first-order valence-electron chi connectivity index (χ1n) is 7.61. The predicted octanol–water partition coefficient (Wildman–Crippen LogP) is 0.882. The third-order valence-corrected chi connectivity index (χ3v) is 3.58. The van der Waals surface area contributed by atoms with Crippen molar-refractivity contribution in [2.24, 2.45) is 0 Å². The fourth-order valence-corrected chi connectivity index (χ4v) is 2.38. The van der Waals surface area contributed by atoms with E-state index in [0.29, 0.717) is 31.9 Å². The van der Waals surface area contributed by atoms with E-state index in [9.17, 15) is 9.59 Å². The summed E-state index contributed by atoms with van der Waals surface area (Å²) in [6.45, 7) is 7.53. The molecule has 6 heteroatoms. The minimum atomic E-state index is -0.0216. The molecule has 2 amide bonds. The minimum Gasteiger partial charge on any atom is -0.462 e. The van der Waals surface area contributed by atoms with E-state index < -0.39 is 0 Å². The average molecular weight is 305 g/mol. The molecule has 0 saturated carbocycles. The number of carbonyl (C=O) groups excluding carboxylic acids is 2. The number of nitrogens with zero attached hydrogens (tertiary/aromatic N) is 2. The number of hydrogen-bond acceptors (Lipinski definition) is 4. The monoisotopic (exact) mass is 305 g/mol. The molecular weight excluding hydrogens is 282 g/mol. The van der Waals surface area contributed by atoms with Gasteiger partial charge in [0, 0.05) is 38.8 Å². The number of amides is 2. The van der Waals surface area contributed by atoms with E-state index in [4.69, 9.17) is 4.42 Å². The third kappa shape index (κ3) is 4.73. The summed E-state index contributed by atoms with van der Waals surface area (Å²) in [6.07, 6.45) is 3.23. The van der Waals surface area contributed by atoms with Crippen molar-refractivity contribution in [1.82, 2.24) is 15.1 Å². The van der Waals surface area contributed by atoms with Crippen LogP contribution in [0.25, 0.3) is 6.08 Å². The van der Waals surface area contributed by atoms with E-state index in [1.54, 1.807) is 11.0 Å². The maximum atomic E-state index is 12.1. The molecule has 0 aromatic carbocycles. The molecular formula is C16H23N3O3. The molecule has 1 aliphatic rings. The van der Waals surface area contributed by atoms with Crippen LogP contribution in [0, 0.1) is 6.92 Å². The van der Waals surface area contributed by atoms with Crippen LogP contribution in [0.2, 0.25) is 0 Å². The van der Waals surface area contributed by atoms with Crippen molar-refractivity contribution in [3.05, 3.63) is 29.7 Å². The van der Waals surface area contributed by atoms with Gasteiger partial charge in [-0.15, -0.1) is 0 Å². The van der Waals surface area contributed by atoms with Gasteiger partial charge in [-0.05, 0) is 32.1 Å². The van der Waals surface area contributed by atoms with Gasteiger partial charge in [0.15, 0.2) is 0 Å². The van der Waals surface area contributed by atoms with Gasteiger partial charge in [0.25, 0.3) is 0 Å². The summed E-state index contributed by atoms with van der Waals surface area (Å²) >= 11 is 0. The molecule has 1 fully saturated rings. The zero-order valence-corrected chi connectivity index (χ0v) is 13.2. The molecule has 2 heterocycles. The lowest BCUT2D eigenvalue weighted by Crippen LogP contribution is -2.50. The molecule has 1 N–H and O–H groups in total. The lowest BCUT2D eigenvalue weighted by atomic mass is 10.3. The molecule has 0 aliphatic carbocycles. The van der Waals surface area contributed by atoms with Crippen LogP contribution in [-0.4, -0.2) is 60.9 Å². The molecule has 1 aliphatic heterocycles. The number of nitrogens with one attached hydrogen (secondary N) is 1. The van der Waals surface area contributed by atoms with Crippen molar-refractivity contribution in [1.29, 1.82) is 0 Å². The Kier molecular flexibility index (Phi) is 5.77. The Morgan fingerprint density at radius 2 is 2.00 bits per heavy atom. The van der Waals surface area contributed by atoms with Crippen molar-refractivity contribution >= 4 is 17.9 Å². The summed E-state index contributed by atoms with van der Waals surface area (Å²) in [7, 11) is 0. The van der Waals surface area contributed by atoms with E-state index in [0.717, 1.165) is 18.8 Å². The van der Waals surface area contributed by atoms with Gasteiger partial charge in [-0.2, -0.15) is 0 Å². The second-order valence-electron chi connectivity index (χ2n) is 5.34. The molecule has 1 saturated heterocycles. The Morgan fingerprint density at radius 3 is 2.59 bits per heavy atom. The van der Waals surface area contributed by atoms with Gasteiger partial charge < -0.3 is 14.6 Å². The summed E-state index contributed by atoms with van der Waals surface area (Å²) < 4.78 is 5.39. The SMILES string of the molecule is CCNC(=O)CN1CCN(C(=O)/C=C/c2ccc(C)o2)CC1. The van der Waals surface area contributed by atoms with Crippen molar-refractivity contribution in [2.75, 3.05) is 39.3 Å². The van der Waals surface area contributed by atoms with E-state index in [1.807, 2.05) is 26.0 Å². The van der Waals surface area contributed by atoms with E-state index in [-0.39, 0.29) is 11.8 Å². The van der Waals surface area contributed by atoms with Crippen molar-refractivity contribution in [3.63, 3.8) is 0 Å². The van der Waals surface area contributed by atoms with Gasteiger partial charge in [0.2, 0.25) is 11.8 Å². The van der Waals surface area contributed by atoms with Gasteiger partial charge in [-0.25, -0.2) is 0 Å². The molecule has 0 unspecified atom stereocenters. The Morgan fingerprint density at radius 1 is 1.27 bits per heavy atom. The number of rotatable bonds is 5. The molecule has 0 bridgehead atoms. The molecule has 1 aromatic rings. The molecule has 0 atom stereocenters. The smallest absolute Gasteiger partial charge is 0.246 e. The number of carbonyl (C=O) groups is 2. The molecule has 0 spiro atoms. The summed E-state index contributed by atoms with van der Waals surface area (Å²) in [5, 5.41) is 2.78. The first kappa shape index (κ1) is 16.3. The van der Waals surface area contributed by atoms with E-state index in [1.165, 1.54) is 6.08 Å². The second kappa shape index (κ2) is 7.79. The highest BCUT2D eigenvalue weighted by Crippen LogP contribution is 2.09. The quantitative estimate of drug-likeness (QED) is 0.820. The lowest BCUT2D eigenvalue weighted by Gasteiger charge is -2.33. The number of likely N-dealkylation sites (N-methyl/N-ethyl adjacent to an activating group) is 1. The lowest BCUT2D eigenvalue weighted by molar-refractivity contribution is -0.128. The normalized spacial score (nSPS) is 16.2. The minimum absolute atomic E-state index is 0.0216. The first-order valence-corrected chi connectivity index (χ1v) is 7.61. The number of aryl methyl sites for hydroxylation is 1. The zero-order valence-electron chi connectivity index (χ0n) is 13.2. The van der Waals surface area contributed by atoms with Gasteiger partial charge >= 0.3 is 0 Å². The Hall–Kier alpha value is -2.08. The average Bonchev–Trinajstić information content (AvgIpc) is 2.91. The molecule has 120 valence electrons. The number of piperazine rings is 1. The van der Waals surface area contributed by atoms with Crippen LogP contribution < -0.4 is 5.32 Å². The summed E-state index contributed by atoms with van der Waals surface area (Å²) in [4.78, 5) is 27.5. The van der Waals surface area contributed by atoms with Crippen LogP contribution in [0.3, 0.4) is 0 Å². The topological polar surface area (TPSA) is 65.8 Å². The van der Waals surface area contributed by atoms with Crippen LogP contribution in [0.5, 0.6) is 0 Å². The number of hydrogen-bond donors (Lipinski definition) is 1. The maximum absolute atomic E-state index is 12.1. The van der Waals surface area contributed by atoms with Gasteiger partial charge in [-0.3, -0.25) is 14.5 Å². The van der Waals surface area contributed by atoms with Gasteiger partial charge in [0.05, 0.1) is 6.54 Å². The molecule has 6 nitrogen and oxygen atoms in total. The predicted molar refractivity (Wildman–Crippen MR) is 84.2 cm³/mol. The van der Waals surface area contributed by atoms with Crippen molar-refractivity contribution in [2.45, 2.75) is 13.8 Å². The highest BCUT2D eigenvalue weighted by atomic mass is 16.3. The van der Waals surface area contributed by atoms with Crippen molar-refractivity contribution in [3.8, 4) is 0 Å². The summed E-state index contributed by atoms with van der Waals surface area (Å²) in [5.41, 5.74) is 0. The maximum Gasteiger partial charge on any atom is 0.246 e. The molecule has 1 aromatic heterocycles. The van der Waals surface area contributed by atoms with Crippen LogP contribution in [0.15, 0.2) is 22.6 Å². The number of furan rings is 1. The van der Waals surface area contributed by atoms with E-state index in [2.05, 4.69) is 10.2 Å². The largest absolute Gasteiger partial charge is 0.462 e. The molecule has 22 heavy (non-hydrogen) atoms. The van der Waals surface area contributed by atoms with Gasteiger partial charge in [0.1, 0.15) is 11.5 Å². The Labute approximate surface area is 130 Å². The Balaban J connectivity index is 1.77. The van der Waals surface area contributed by atoms with Gasteiger partial charge in [-0.1, -0.05) is 0 Å². The standard InChI is InChI=1S/C16H23N3O3/c1-3-17-15(20)12-18-8-10-19(11-9-18)16(21)7-6-14-5-4-13(2)22-14/h4-7H,3,8-12H2,1-2H3,(H,17,20)/b7-6+. The fraction of sp³-hybridized carbons (Fsp3) is 0.500. The van der Waals surface area contributed by atoms with Crippen LogP contribution >= 0.6 is 0 Å². The molecule has 2 rings (SSSR count). The zero-order chi connectivity index (χ0) is 15.9. The first-order chi connectivity index (χ1) is 10.6. The highest BCUT2D eigenvalue weighted by Gasteiger charge is 2.20. The van der Waals surface area contributed by atoms with Crippen LogP contribution in [-0.2, 0) is 9.59 Å². The summed E-state index contributed by atoms with van der Waals surface area (Å²) in [6, 6.07) is 3.70. The van der Waals surface area contributed by atoms with E-state index >= 15 is 0 Å². The molecule has 0 radical (unpaired) electrons. The second-order valence-corrected chi connectivity index (χ2v) is 5.34.